The predicted molar refractivity (Wildman–Crippen MR) is 93.9 cm³/mol. The van der Waals surface area contributed by atoms with Gasteiger partial charge in [0, 0.05) is 11.6 Å². The third-order valence-electron chi connectivity index (χ3n) is 3.45. The van der Waals surface area contributed by atoms with E-state index in [2.05, 4.69) is 5.16 Å². The van der Waals surface area contributed by atoms with Crippen molar-refractivity contribution in [2.24, 2.45) is 5.14 Å². The predicted octanol–water partition coefficient (Wildman–Crippen LogP) is 3.00. The summed E-state index contributed by atoms with van der Waals surface area (Å²) in [4.78, 5) is 11.8. The smallest absolute Gasteiger partial charge is 0.338 e. The lowest BCUT2D eigenvalue weighted by atomic mass is 10.1. The maximum absolute atomic E-state index is 12.1. The molecule has 3 rings (SSSR count). The minimum absolute atomic E-state index is 0.00113. The van der Waals surface area contributed by atoms with E-state index in [-0.39, 0.29) is 22.1 Å². The van der Waals surface area contributed by atoms with Crippen LogP contribution in [0.25, 0.3) is 11.3 Å². The maximum Gasteiger partial charge on any atom is 0.338 e. The highest BCUT2D eigenvalue weighted by molar-refractivity contribution is 7.89. The molecule has 0 fully saturated rings. The van der Waals surface area contributed by atoms with Crippen LogP contribution in [0.3, 0.4) is 0 Å². The first-order chi connectivity index (χ1) is 12.3. The number of primary sulfonamides is 1. The van der Waals surface area contributed by atoms with Crippen LogP contribution in [0.1, 0.15) is 16.1 Å². The van der Waals surface area contributed by atoms with Gasteiger partial charge in [-0.2, -0.15) is 0 Å². The zero-order valence-corrected chi connectivity index (χ0v) is 14.8. The summed E-state index contributed by atoms with van der Waals surface area (Å²) in [5.74, 6) is -0.401. The van der Waals surface area contributed by atoms with Gasteiger partial charge in [0.15, 0.2) is 12.4 Å². The van der Waals surface area contributed by atoms with Crippen LogP contribution in [0, 0.1) is 0 Å². The lowest BCUT2D eigenvalue weighted by Crippen LogP contribution is -2.14. The number of aromatic nitrogens is 1. The lowest BCUT2D eigenvalue weighted by Gasteiger charge is -2.06. The third kappa shape index (κ3) is 4.10. The van der Waals surface area contributed by atoms with Gasteiger partial charge in [-0.1, -0.05) is 47.1 Å². The molecule has 0 aliphatic carbocycles. The van der Waals surface area contributed by atoms with Crippen molar-refractivity contribution in [3.8, 4) is 11.3 Å². The van der Waals surface area contributed by atoms with Crippen LogP contribution < -0.4 is 5.14 Å². The first-order valence-electron chi connectivity index (χ1n) is 7.35. The number of esters is 1. The highest BCUT2D eigenvalue weighted by Gasteiger charge is 2.18. The molecule has 7 nitrogen and oxygen atoms in total. The van der Waals surface area contributed by atoms with Gasteiger partial charge in [-0.25, -0.2) is 18.4 Å². The Morgan fingerprint density at radius 3 is 2.58 bits per heavy atom. The number of hydrogen-bond donors (Lipinski definition) is 1. The van der Waals surface area contributed by atoms with Crippen LogP contribution in [0.4, 0.5) is 0 Å². The second-order valence-electron chi connectivity index (χ2n) is 5.31. The quantitative estimate of drug-likeness (QED) is 0.668. The van der Waals surface area contributed by atoms with Gasteiger partial charge in [-0.3, -0.25) is 0 Å². The highest BCUT2D eigenvalue weighted by Crippen LogP contribution is 2.23. The van der Waals surface area contributed by atoms with Gasteiger partial charge in [-0.15, -0.1) is 0 Å². The second kappa shape index (κ2) is 7.28. The molecule has 0 bridgehead atoms. The van der Waals surface area contributed by atoms with E-state index in [9.17, 15) is 13.2 Å². The van der Waals surface area contributed by atoms with Gasteiger partial charge in [0.2, 0.25) is 10.0 Å². The molecule has 0 aliphatic rings. The van der Waals surface area contributed by atoms with Crippen LogP contribution in [0.5, 0.6) is 0 Å². The summed E-state index contributed by atoms with van der Waals surface area (Å²) in [5, 5.41) is 8.90. The molecule has 26 heavy (non-hydrogen) atoms. The Bertz CT molecular complexity index is 1050. The molecular weight excluding hydrogens is 380 g/mol. The Kier molecular flexibility index (Phi) is 5.08. The number of hydrogen-bond acceptors (Lipinski definition) is 6. The largest absolute Gasteiger partial charge is 0.454 e. The fraction of sp³-hybridized carbons (Fsp3) is 0.0588. The van der Waals surface area contributed by atoms with Crippen molar-refractivity contribution in [2.75, 3.05) is 0 Å². The molecule has 2 N–H and O–H groups in total. The molecule has 3 aromatic rings. The molecule has 0 aliphatic heterocycles. The molecule has 134 valence electrons. The molecule has 1 heterocycles. The van der Waals surface area contributed by atoms with Gasteiger partial charge in [-0.05, 0) is 18.2 Å². The van der Waals surface area contributed by atoms with Crippen LogP contribution in [-0.2, 0) is 21.4 Å². The second-order valence-corrected chi connectivity index (χ2v) is 7.25. The number of halogens is 1. The van der Waals surface area contributed by atoms with Crippen LogP contribution in [0.15, 0.2) is 64.0 Å². The minimum atomic E-state index is -4.05. The van der Waals surface area contributed by atoms with Gasteiger partial charge < -0.3 is 9.26 Å². The number of nitrogens with two attached hydrogens (primary N) is 1. The summed E-state index contributed by atoms with van der Waals surface area (Å²) in [6, 6.07) is 14.7. The third-order valence-corrected chi connectivity index (χ3v) is 4.84. The molecule has 1 aromatic heterocycles. The highest BCUT2D eigenvalue weighted by atomic mass is 35.5. The fourth-order valence-corrected chi connectivity index (χ4v) is 3.27. The van der Waals surface area contributed by atoms with Gasteiger partial charge >= 0.3 is 5.97 Å². The average molecular weight is 393 g/mol. The lowest BCUT2D eigenvalue weighted by molar-refractivity contribution is 0.0437. The van der Waals surface area contributed by atoms with Gasteiger partial charge in [0.25, 0.3) is 0 Å². The molecular formula is C17H13ClN2O5S. The molecule has 0 saturated carbocycles. The Hall–Kier alpha value is -2.68. The Labute approximate surface area is 154 Å². The number of ether oxygens (including phenoxy) is 1. The number of benzene rings is 2. The van der Waals surface area contributed by atoms with Crippen molar-refractivity contribution in [3.63, 3.8) is 0 Å². The zero-order valence-electron chi connectivity index (χ0n) is 13.3. The number of carbonyl (C=O) groups is 1. The molecule has 0 spiro atoms. The summed E-state index contributed by atoms with van der Waals surface area (Å²) in [5.41, 5.74) is 1.48. The molecule has 9 heteroatoms. The number of nitrogens with zero attached hydrogens (tertiary/aromatic N) is 1. The summed E-state index contributed by atoms with van der Waals surface area (Å²) in [6.45, 7) is -0.161. The molecule has 2 aromatic carbocycles. The van der Waals surface area contributed by atoms with E-state index in [1.165, 1.54) is 12.1 Å². The summed E-state index contributed by atoms with van der Waals surface area (Å²) < 4.78 is 33.2. The summed E-state index contributed by atoms with van der Waals surface area (Å²) in [7, 11) is -4.05. The Morgan fingerprint density at radius 1 is 1.15 bits per heavy atom. The molecule has 0 radical (unpaired) electrons. The Balaban J connectivity index is 1.71. The first kappa shape index (κ1) is 18.1. The molecule has 0 amide bonds. The average Bonchev–Trinajstić information content (AvgIpc) is 3.09. The van der Waals surface area contributed by atoms with E-state index in [1.54, 1.807) is 6.07 Å². The van der Waals surface area contributed by atoms with Gasteiger partial charge in [0.05, 0.1) is 10.6 Å². The van der Waals surface area contributed by atoms with Crippen molar-refractivity contribution >= 4 is 27.6 Å². The Morgan fingerprint density at radius 2 is 1.88 bits per heavy atom. The fourth-order valence-electron chi connectivity index (χ4n) is 2.19. The van der Waals surface area contributed by atoms with Crippen LogP contribution in [0.2, 0.25) is 5.02 Å². The van der Waals surface area contributed by atoms with Crippen molar-refractivity contribution in [1.82, 2.24) is 5.16 Å². The topological polar surface area (TPSA) is 112 Å². The normalized spacial score (nSPS) is 11.3. The van der Waals surface area contributed by atoms with E-state index < -0.39 is 16.0 Å². The minimum Gasteiger partial charge on any atom is -0.454 e. The van der Waals surface area contributed by atoms with Crippen molar-refractivity contribution in [3.05, 3.63) is 70.9 Å². The van der Waals surface area contributed by atoms with E-state index in [0.717, 1.165) is 11.6 Å². The SMILES string of the molecule is NS(=O)(=O)c1cc(C(=O)OCc2cc(-c3ccccc3)no2)ccc1Cl. The number of carbonyl (C=O) groups excluding carboxylic acids is 1. The zero-order chi connectivity index (χ0) is 18.7. The standard InChI is InChI=1S/C17H13ClN2O5S/c18-14-7-6-12(8-16(14)26(19,22)23)17(21)24-10-13-9-15(20-25-13)11-4-2-1-3-5-11/h1-9H,10H2,(H2,19,22,23). The first-order valence-corrected chi connectivity index (χ1v) is 9.27. The summed E-state index contributed by atoms with van der Waals surface area (Å²) >= 11 is 5.78. The molecule has 0 saturated heterocycles. The van der Waals surface area contributed by atoms with Crippen molar-refractivity contribution < 1.29 is 22.5 Å². The maximum atomic E-state index is 12.1. The van der Waals surface area contributed by atoms with Crippen molar-refractivity contribution in [1.29, 1.82) is 0 Å². The monoisotopic (exact) mass is 392 g/mol. The van der Waals surface area contributed by atoms with Gasteiger partial charge in [0.1, 0.15) is 10.6 Å². The summed E-state index contributed by atoms with van der Waals surface area (Å²) in [6.07, 6.45) is 0. The molecule has 0 atom stereocenters. The van der Waals surface area contributed by atoms with Crippen LogP contribution >= 0.6 is 11.6 Å². The number of rotatable bonds is 5. The van der Waals surface area contributed by atoms with E-state index in [0.29, 0.717) is 11.5 Å². The van der Waals surface area contributed by atoms with Crippen LogP contribution in [-0.4, -0.2) is 19.5 Å². The van der Waals surface area contributed by atoms with E-state index in [4.69, 9.17) is 26.0 Å². The van der Waals surface area contributed by atoms with Crippen molar-refractivity contribution in [2.45, 2.75) is 11.5 Å². The van der Waals surface area contributed by atoms with E-state index >= 15 is 0 Å². The van der Waals surface area contributed by atoms with E-state index in [1.807, 2.05) is 30.3 Å². The number of sulfonamides is 1. The molecule has 0 unspecified atom stereocenters.